The highest BCUT2D eigenvalue weighted by Gasteiger charge is 2.21. The topological polar surface area (TPSA) is 89.9 Å². The number of carboxylic acid groups (broad SMARTS) is 1. The van der Waals surface area contributed by atoms with Crippen molar-refractivity contribution in [3.8, 4) is 0 Å². The molecule has 1 rings (SSSR count). The maximum absolute atomic E-state index is 12.3. The van der Waals surface area contributed by atoms with Gasteiger partial charge in [0.25, 0.3) is 5.91 Å². The quantitative estimate of drug-likeness (QED) is 0.638. The number of rotatable bonds is 9. The third-order valence-corrected chi connectivity index (χ3v) is 3.43. The van der Waals surface area contributed by atoms with Gasteiger partial charge in [-0.25, -0.2) is 4.79 Å². The summed E-state index contributed by atoms with van der Waals surface area (Å²) in [6.45, 7) is 5.06. The maximum atomic E-state index is 12.3. The lowest BCUT2D eigenvalue weighted by atomic mass is 10.0. The van der Waals surface area contributed by atoms with E-state index in [4.69, 9.17) is 5.11 Å². The van der Waals surface area contributed by atoms with Crippen molar-refractivity contribution in [2.75, 3.05) is 20.2 Å². The van der Waals surface area contributed by atoms with E-state index in [9.17, 15) is 14.7 Å². The van der Waals surface area contributed by atoms with E-state index in [1.165, 1.54) is 0 Å². The molecule has 3 N–H and O–H groups in total. The van der Waals surface area contributed by atoms with Crippen LogP contribution in [-0.4, -0.2) is 53.2 Å². The third-order valence-electron chi connectivity index (χ3n) is 3.43. The molecule has 6 nitrogen and oxygen atoms in total. The summed E-state index contributed by atoms with van der Waals surface area (Å²) >= 11 is 0. The van der Waals surface area contributed by atoms with E-state index in [2.05, 4.69) is 5.32 Å². The summed E-state index contributed by atoms with van der Waals surface area (Å²) in [6.07, 6.45) is 0.389. The fraction of sp³-hybridized carbons (Fsp3) is 0.529. The van der Waals surface area contributed by atoms with Gasteiger partial charge in [-0.05, 0) is 37.1 Å². The lowest BCUT2D eigenvalue weighted by Crippen LogP contribution is -2.41. The minimum absolute atomic E-state index is 0.0756. The van der Waals surface area contributed by atoms with Crippen LogP contribution in [0, 0.1) is 5.92 Å². The first-order valence-electron chi connectivity index (χ1n) is 7.75. The average molecular weight is 322 g/mol. The normalized spacial score (nSPS) is 12.4. The SMILES string of the molecule is CC(C)CC(NC(=O)c1cccc(CN(C)CCO)c1)C(=O)O. The molecule has 0 heterocycles. The van der Waals surface area contributed by atoms with E-state index in [-0.39, 0.29) is 18.4 Å². The molecule has 6 heteroatoms. The molecular weight excluding hydrogens is 296 g/mol. The molecule has 0 fully saturated rings. The number of nitrogens with one attached hydrogen (secondary N) is 1. The Labute approximate surface area is 137 Å². The van der Waals surface area contributed by atoms with Gasteiger partial charge in [0.05, 0.1) is 6.61 Å². The summed E-state index contributed by atoms with van der Waals surface area (Å²) in [5.41, 5.74) is 1.37. The number of carboxylic acids is 1. The lowest BCUT2D eigenvalue weighted by Gasteiger charge is -2.18. The monoisotopic (exact) mass is 322 g/mol. The first-order valence-corrected chi connectivity index (χ1v) is 7.75. The van der Waals surface area contributed by atoms with Crippen LogP contribution in [0.25, 0.3) is 0 Å². The number of hydrogen-bond donors (Lipinski definition) is 3. The van der Waals surface area contributed by atoms with Gasteiger partial charge < -0.3 is 15.5 Å². The smallest absolute Gasteiger partial charge is 0.326 e. The second-order valence-electron chi connectivity index (χ2n) is 6.16. The van der Waals surface area contributed by atoms with Crippen LogP contribution in [0.5, 0.6) is 0 Å². The molecule has 1 amide bonds. The Hall–Kier alpha value is -1.92. The van der Waals surface area contributed by atoms with Gasteiger partial charge in [-0.15, -0.1) is 0 Å². The molecule has 0 radical (unpaired) electrons. The molecule has 0 spiro atoms. The third kappa shape index (κ3) is 6.80. The van der Waals surface area contributed by atoms with E-state index >= 15 is 0 Å². The van der Waals surface area contributed by atoms with Crippen LogP contribution in [0.4, 0.5) is 0 Å². The number of aliphatic hydroxyl groups is 1. The molecule has 1 aromatic carbocycles. The van der Waals surface area contributed by atoms with E-state index in [0.717, 1.165) is 5.56 Å². The van der Waals surface area contributed by atoms with Crippen molar-refractivity contribution in [2.24, 2.45) is 5.92 Å². The molecule has 1 atom stereocenters. The largest absolute Gasteiger partial charge is 0.480 e. The Morgan fingerprint density at radius 1 is 1.30 bits per heavy atom. The first kappa shape index (κ1) is 19.1. The fourth-order valence-electron chi connectivity index (χ4n) is 2.31. The first-order chi connectivity index (χ1) is 10.8. The average Bonchev–Trinajstić information content (AvgIpc) is 2.46. The van der Waals surface area contributed by atoms with Crippen LogP contribution < -0.4 is 5.32 Å². The Morgan fingerprint density at radius 3 is 2.57 bits per heavy atom. The Morgan fingerprint density at radius 2 is 2.00 bits per heavy atom. The highest BCUT2D eigenvalue weighted by atomic mass is 16.4. The molecule has 0 bridgehead atoms. The highest BCUT2D eigenvalue weighted by Crippen LogP contribution is 2.10. The molecule has 0 aliphatic carbocycles. The second kappa shape index (κ2) is 9.27. The van der Waals surface area contributed by atoms with Crippen molar-refractivity contribution >= 4 is 11.9 Å². The van der Waals surface area contributed by atoms with Crippen LogP contribution in [-0.2, 0) is 11.3 Å². The van der Waals surface area contributed by atoms with Gasteiger partial charge in [-0.2, -0.15) is 0 Å². The number of benzene rings is 1. The van der Waals surface area contributed by atoms with Gasteiger partial charge in [0.1, 0.15) is 6.04 Å². The van der Waals surface area contributed by atoms with E-state index in [1.54, 1.807) is 18.2 Å². The van der Waals surface area contributed by atoms with Crippen LogP contribution in [0.3, 0.4) is 0 Å². The minimum atomic E-state index is -1.02. The van der Waals surface area contributed by atoms with Gasteiger partial charge >= 0.3 is 5.97 Å². The Bertz CT molecular complexity index is 531. The van der Waals surface area contributed by atoms with Crippen LogP contribution in [0.15, 0.2) is 24.3 Å². The standard InChI is InChI=1S/C17H26N2O4/c1-12(2)9-15(17(22)23)18-16(21)14-6-4-5-13(10-14)11-19(3)7-8-20/h4-6,10,12,15,20H,7-9,11H2,1-3H3,(H,18,21)(H,22,23). The number of likely N-dealkylation sites (N-methyl/N-ethyl adjacent to an activating group) is 1. The molecule has 0 aliphatic rings. The fourth-order valence-corrected chi connectivity index (χ4v) is 2.31. The molecule has 0 saturated carbocycles. The molecule has 1 unspecified atom stereocenters. The lowest BCUT2D eigenvalue weighted by molar-refractivity contribution is -0.139. The molecular formula is C17H26N2O4. The zero-order chi connectivity index (χ0) is 17.4. The Balaban J connectivity index is 2.77. The van der Waals surface area contributed by atoms with Crippen molar-refractivity contribution < 1.29 is 19.8 Å². The molecule has 23 heavy (non-hydrogen) atoms. The van der Waals surface area contributed by atoms with Gasteiger partial charge in [0, 0.05) is 18.7 Å². The summed E-state index contributed by atoms with van der Waals surface area (Å²) in [4.78, 5) is 25.5. The van der Waals surface area contributed by atoms with E-state index in [0.29, 0.717) is 25.1 Å². The number of carbonyl (C=O) groups excluding carboxylic acids is 1. The summed E-state index contributed by atoms with van der Waals surface area (Å²) in [6, 6.07) is 6.20. The van der Waals surface area contributed by atoms with Gasteiger partial charge in [-0.1, -0.05) is 26.0 Å². The van der Waals surface area contributed by atoms with Crippen molar-refractivity contribution in [1.29, 1.82) is 0 Å². The number of aliphatic hydroxyl groups excluding tert-OH is 1. The summed E-state index contributed by atoms with van der Waals surface area (Å²) < 4.78 is 0. The zero-order valence-electron chi connectivity index (χ0n) is 14.0. The maximum Gasteiger partial charge on any atom is 0.326 e. The van der Waals surface area contributed by atoms with Gasteiger partial charge in [0.15, 0.2) is 0 Å². The van der Waals surface area contributed by atoms with Crippen molar-refractivity contribution in [1.82, 2.24) is 10.2 Å². The predicted molar refractivity (Wildman–Crippen MR) is 88.2 cm³/mol. The molecule has 128 valence electrons. The zero-order valence-corrected chi connectivity index (χ0v) is 14.0. The van der Waals surface area contributed by atoms with Gasteiger partial charge in [0.2, 0.25) is 0 Å². The number of carbonyl (C=O) groups is 2. The highest BCUT2D eigenvalue weighted by molar-refractivity contribution is 5.96. The predicted octanol–water partition coefficient (Wildman–Crippen LogP) is 1.34. The number of hydrogen-bond acceptors (Lipinski definition) is 4. The summed E-state index contributed by atoms with van der Waals surface area (Å²) in [5, 5.41) is 20.7. The molecule has 0 saturated heterocycles. The second-order valence-corrected chi connectivity index (χ2v) is 6.16. The molecule has 0 aromatic heterocycles. The number of aliphatic carboxylic acids is 1. The van der Waals surface area contributed by atoms with Crippen LogP contribution in [0.1, 0.15) is 36.2 Å². The molecule has 0 aliphatic heterocycles. The van der Waals surface area contributed by atoms with Crippen LogP contribution in [0.2, 0.25) is 0 Å². The van der Waals surface area contributed by atoms with Crippen LogP contribution >= 0.6 is 0 Å². The van der Waals surface area contributed by atoms with E-state index < -0.39 is 12.0 Å². The Kier molecular flexibility index (Phi) is 7.71. The summed E-state index contributed by atoms with van der Waals surface area (Å²) in [7, 11) is 1.88. The van der Waals surface area contributed by atoms with Gasteiger partial charge in [-0.3, -0.25) is 9.69 Å². The molecule has 1 aromatic rings. The van der Waals surface area contributed by atoms with Crippen molar-refractivity contribution in [2.45, 2.75) is 32.9 Å². The van der Waals surface area contributed by atoms with Crippen molar-refractivity contribution in [3.63, 3.8) is 0 Å². The number of nitrogens with zero attached hydrogens (tertiary/aromatic N) is 1. The van der Waals surface area contributed by atoms with E-state index in [1.807, 2.05) is 31.9 Å². The number of amides is 1. The summed E-state index contributed by atoms with van der Waals surface area (Å²) in [5.74, 6) is -1.23. The minimum Gasteiger partial charge on any atom is -0.480 e. The van der Waals surface area contributed by atoms with Crippen molar-refractivity contribution in [3.05, 3.63) is 35.4 Å².